The first-order valence-corrected chi connectivity index (χ1v) is 25.2. The molecule has 0 unspecified atom stereocenters. The molecule has 6 nitrogen and oxygen atoms in total. The summed E-state index contributed by atoms with van der Waals surface area (Å²) in [6, 6.07) is 1.17. The maximum absolute atomic E-state index is 12.6. The van der Waals surface area contributed by atoms with Crippen molar-refractivity contribution >= 4 is 11.9 Å². The third kappa shape index (κ3) is 33.8. The van der Waals surface area contributed by atoms with Gasteiger partial charge in [-0.3, -0.25) is 9.59 Å². The van der Waals surface area contributed by atoms with Crippen LogP contribution in [0.5, 0.6) is 0 Å². The summed E-state index contributed by atoms with van der Waals surface area (Å²) < 4.78 is 17.2. The maximum atomic E-state index is 12.6. The third-order valence-corrected chi connectivity index (χ3v) is 12.4. The molecule has 1 aliphatic rings. The van der Waals surface area contributed by atoms with Crippen molar-refractivity contribution in [2.45, 2.75) is 271 Å². The van der Waals surface area contributed by atoms with Gasteiger partial charge in [-0.05, 0) is 76.0 Å². The minimum atomic E-state index is 0.0166. The van der Waals surface area contributed by atoms with E-state index in [-0.39, 0.29) is 11.9 Å². The van der Waals surface area contributed by atoms with Gasteiger partial charge in [-0.1, -0.05) is 182 Å². The van der Waals surface area contributed by atoms with Gasteiger partial charge in [0.2, 0.25) is 0 Å². The minimum Gasteiger partial charge on any atom is -0.465 e. The Hall–Kier alpha value is -1.14. The SMILES string of the molecule is CCCCCCC(CCCCCC)COC(=O)CCCCCCCC(CCCCCCCC(=O)OCC(CCCCCC)CCCCCC)NC1CCOCC1. The van der Waals surface area contributed by atoms with E-state index in [1.807, 2.05) is 0 Å². The van der Waals surface area contributed by atoms with E-state index in [9.17, 15) is 9.59 Å². The summed E-state index contributed by atoms with van der Waals surface area (Å²) in [5, 5.41) is 4.01. The molecule has 0 saturated carbocycles. The highest BCUT2D eigenvalue weighted by molar-refractivity contribution is 5.69. The Morgan fingerprint density at radius 2 is 0.786 bits per heavy atom. The van der Waals surface area contributed by atoms with E-state index in [1.54, 1.807) is 0 Å². The van der Waals surface area contributed by atoms with Crippen LogP contribution in [0.4, 0.5) is 0 Å². The fraction of sp³-hybridized carbons (Fsp3) is 0.960. The summed E-state index contributed by atoms with van der Waals surface area (Å²) in [6.07, 6.45) is 42.9. The molecule has 1 fully saturated rings. The molecule has 0 aromatic heterocycles. The summed E-state index contributed by atoms with van der Waals surface area (Å²) in [5.74, 6) is 1.12. The fourth-order valence-corrected chi connectivity index (χ4v) is 8.52. The average molecular weight is 792 g/mol. The van der Waals surface area contributed by atoms with Crippen LogP contribution in [-0.4, -0.2) is 50.4 Å². The number of unbranched alkanes of at least 4 members (excludes halogenated alkanes) is 20. The third-order valence-electron chi connectivity index (χ3n) is 12.4. The summed E-state index contributed by atoms with van der Waals surface area (Å²) in [4.78, 5) is 25.1. The lowest BCUT2D eigenvalue weighted by atomic mass is 9.95. The molecule has 0 aromatic carbocycles. The van der Waals surface area contributed by atoms with Crippen molar-refractivity contribution < 1.29 is 23.8 Å². The first-order chi connectivity index (χ1) is 27.5. The molecule has 56 heavy (non-hydrogen) atoms. The summed E-state index contributed by atoms with van der Waals surface area (Å²) >= 11 is 0. The van der Waals surface area contributed by atoms with Crippen LogP contribution >= 0.6 is 0 Å². The van der Waals surface area contributed by atoms with E-state index in [2.05, 4.69) is 33.0 Å². The Morgan fingerprint density at radius 1 is 0.464 bits per heavy atom. The lowest BCUT2D eigenvalue weighted by Crippen LogP contribution is -2.41. The van der Waals surface area contributed by atoms with Crippen LogP contribution in [0, 0.1) is 11.8 Å². The molecule has 1 rings (SSSR count). The van der Waals surface area contributed by atoms with Gasteiger partial charge in [0.25, 0.3) is 0 Å². The van der Waals surface area contributed by atoms with E-state index < -0.39 is 0 Å². The van der Waals surface area contributed by atoms with E-state index in [0.717, 1.165) is 51.7 Å². The van der Waals surface area contributed by atoms with Crippen molar-refractivity contribution in [1.82, 2.24) is 5.32 Å². The van der Waals surface area contributed by atoms with Crippen LogP contribution in [0.3, 0.4) is 0 Å². The Kier molecular flexibility index (Phi) is 38.4. The monoisotopic (exact) mass is 792 g/mol. The molecule has 1 N–H and O–H groups in total. The zero-order chi connectivity index (χ0) is 40.6. The van der Waals surface area contributed by atoms with Crippen molar-refractivity contribution in [2.75, 3.05) is 26.4 Å². The number of carbonyl (C=O) groups is 2. The first-order valence-electron chi connectivity index (χ1n) is 25.2. The van der Waals surface area contributed by atoms with Gasteiger partial charge >= 0.3 is 11.9 Å². The second-order valence-corrected chi connectivity index (χ2v) is 17.9. The number of nitrogens with one attached hydrogen (secondary N) is 1. The van der Waals surface area contributed by atoms with Crippen LogP contribution in [0.1, 0.15) is 259 Å². The molecule has 332 valence electrons. The van der Waals surface area contributed by atoms with Gasteiger partial charge in [-0.2, -0.15) is 0 Å². The molecule has 0 aromatic rings. The van der Waals surface area contributed by atoms with Gasteiger partial charge in [0.15, 0.2) is 0 Å². The van der Waals surface area contributed by atoms with Crippen molar-refractivity contribution in [3.05, 3.63) is 0 Å². The predicted octanol–water partition coefficient (Wildman–Crippen LogP) is 14.8. The molecule has 0 radical (unpaired) electrons. The van der Waals surface area contributed by atoms with E-state index >= 15 is 0 Å². The van der Waals surface area contributed by atoms with Gasteiger partial charge in [0.05, 0.1) is 13.2 Å². The molecule has 0 bridgehead atoms. The zero-order valence-corrected chi connectivity index (χ0v) is 38.1. The zero-order valence-electron chi connectivity index (χ0n) is 38.1. The van der Waals surface area contributed by atoms with Crippen molar-refractivity contribution in [3.63, 3.8) is 0 Å². The highest BCUT2D eigenvalue weighted by atomic mass is 16.5. The predicted molar refractivity (Wildman–Crippen MR) is 239 cm³/mol. The second-order valence-electron chi connectivity index (χ2n) is 17.9. The van der Waals surface area contributed by atoms with Crippen LogP contribution in [0.2, 0.25) is 0 Å². The average Bonchev–Trinajstić information content (AvgIpc) is 3.21. The maximum Gasteiger partial charge on any atom is 0.305 e. The quantitative estimate of drug-likeness (QED) is 0.0490. The molecule has 6 heteroatoms. The van der Waals surface area contributed by atoms with Gasteiger partial charge in [-0.15, -0.1) is 0 Å². The van der Waals surface area contributed by atoms with Gasteiger partial charge in [0, 0.05) is 38.1 Å². The van der Waals surface area contributed by atoms with Crippen molar-refractivity contribution in [3.8, 4) is 0 Å². The van der Waals surface area contributed by atoms with E-state index in [4.69, 9.17) is 14.2 Å². The van der Waals surface area contributed by atoms with Gasteiger partial charge in [0.1, 0.15) is 0 Å². The minimum absolute atomic E-state index is 0.0166. The number of carbonyl (C=O) groups excluding carboxylic acids is 2. The molecule has 0 atom stereocenters. The number of rotatable bonds is 42. The second kappa shape index (κ2) is 40.6. The molecule has 0 spiro atoms. The highest BCUT2D eigenvalue weighted by Gasteiger charge is 2.18. The lowest BCUT2D eigenvalue weighted by Gasteiger charge is -2.29. The number of ether oxygens (including phenoxy) is 3. The molecule has 0 aliphatic carbocycles. The number of hydrogen-bond acceptors (Lipinski definition) is 6. The van der Waals surface area contributed by atoms with Gasteiger partial charge in [-0.25, -0.2) is 0 Å². The van der Waals surface area contributed by atoms with Crippen LogP contribution in [-0.2, 0) is 23.8 Å². The Bertz CT molecular complexity index is 763. The fourth-order valence-electron chi connectivity index (χ4n) is 8.52. The number of hydrogen-bond donors (Lipinski definition) is 1. The van der Waals surface area contributed by atoms with Crippen molar-refractivity contribution in [2.24, 2.45) is 11.8 Å². The molecule has 1 saturated heterocycles. The summed E-state index contributed by atoms with van der Waals surface area (Å²) in [6.45, 7) is 12.1. The summed E-state index contributed by atoms with van der Waals surface area (Å²) in [7, 11) is 0. The van der Waals surface area contributed by atoms with Crippen molar-refractivity contribution in [1.29, 1.82) is 0 Å². The number of esters is 2. The molecule has 1 heterocycles. The Labute approximate surface area is 349 Å². The lowest BCUT2D eigenvalue weighted by molar-refractivity contribution is -0.146. The standard InChI is InChI=1S/C50H97NO5/c1-5-9-13-23-31-45(32-24-14-10-6-2)43-55-49(52)37-29-21-17-19-27-35-47(51-48-39-41-54-42-40-48)36-28-20-18-22-30-38-50(53)56-44-46(33-25-15-11-7-3)34-26-16-12-8-4/h45-48,51H,5-44H2,1-4H3. The van der Waals surface area contributed by atoms with Crippen LogP contribution in [0.25, 0.3) is 0 Å². The smallest absolute Gasteiger partial charge is 0.305 e. The molecular formula is C50H97NO5. The Balaban J connectivity index is 2.26. The molecular weight excluding hydrogens is 695 g/mol. The van der Waals surface area contributed by atoms with E-state index in [1.165, 1.54) is 180 Å². The normalized spacial score (nSPS) is 13.7. The molecule has 0 amide bonds. The van der Waals surface area contributed by atoms with E-state index in [0.29, 0.717) is 50.0 Å². The highest BCUT2D eigenvalue weighted by Crippen LogP contribution is 2.22. The van der Waals surface area contributed by atoms with Gasteiger partial charge < -0.3 is 19.5 Å². The van der Waals surface area contributed by atoms with Crippen LogP contribution in [0.15, 0.2) is 0 Å². The largest absolute Gasteiger partial charge is 0.465 e. The topological polar surface area (TPSA) is 73.9 Å². The van der Waals surface area contributed by atoms with Crippen LogP contribution < -0.4 is 5.32 Å². The summed E-state index contributed by atoms with van der Waals surface area (Å²) in [5.41, 5.74) is 0. The first kappa shape index (κ1) is 52.9. The Morgan fingerprint density at radius 3 is 1.16 bits per heavy atom. The molecule has 1 aliphatic heterocycles.